The van der Waals surface area contributed by atoms with Crippen LogP contribution in [0.2, 0.25) is 0 Å². The number of aliphatic imine (C=N–C) groups is 1. The van der Waals surface area contributed by atoms with Crippen LogP contribution in [0.15, 0.2) is 52.8 Å². The van der Waals surface area contributed by atoms with E-state index in [9.17, 15) is 0 Å². The van der Waals surface area contributed by atoms with Gasteiger partial charge in [0.25, 0.3) is 0 Å². The average molecular weight is 499 g/mol. The maximum absolute atomic E-state index is 5.64. The van der Waals surface area contributed by atoms with Crippen molar-refractivity contribution in [1.82, 2.24) is 10.2 Å². The molecule has 0 spiro atoms. The molecule has 0 bridgehead atoms. The van der Waals surface area contributed by atoms with E-state index < -0.39 is 0 Å². The minimum Gasteiger partial charge on any atom is -0.381 e. The number of halogens is 1. The number of hydrogen-bond acceptors (Lipinski definition) is 3. The summed E-state index contributed by atoms with van der Waals surface area (Å²) < 4.78 is 5.64. The van der Waals surface area contributed by atoms with Crippen molar-refractivity contribution in [2.75, 3.05) is 40.4 Å². The Labute approximate surface area is 184 Å². The number of nitrogens with one attached hydrogen (secondary N) is 1. The molecule has 0 atom stereocenters. The highest BCUT2D eigenvalue weighted by Crippen LogP contribution is 2.34. The number of rotatable bonds is 6. The summed E-state index contributed by atoms with van der Waals surface area (Å²) >= 11 is 1.82. The largest absolute Gasteiger partial charge is 0.381 e. The van der Waals surface area contributed by atoms with Gasteiger partial charge in [-0.15, -0.1) is 35.3 Å². The van der Waals surface area contributed by atoms with Crippen LogP contribution in [-0.2, 0) is 16.6 Å². The number of hydrogen-bond donors (Lipinski definition) is 1. The maximum atomic E-state index is 5.64. The third-order valence-electron chi connectivity index (χ3n) is 5.27. The smallest absolute Gasteiger partial charge is 0.193 e. The summed E-state index contributed by atoms with van der Waals surface area (Å²) in [5, 5.41) is 5.77. The van der Waals surface area contributed by atoms with Crippen molar-refractivity contribution in [3.63, 3.8) is 0 Å². The zero-order valence-corrected chi connectivity index (χ0v) is 19.3. The van der Waals surface area contributed by atoms with Gasteiger partial charge in [0.2, 0.25) is 0 Å². The van der Waals surface area contributed by atoms with Gasteiger partial charge < -0.3 is 15.0 Å². The molecule has 0 saturated carbocycles. The zero-order chi connectivity index (χ0) is 18.2. The Hall–Kier alpha value is -1.12. The molecule has 6 heteroatoms. The number of benzene rings is 1. The van der Waals surface area contributed by atoms with Gasteiger partial charge in [-0.25, -0.2) is 0 Å². The molecule has 0 radical (unpaired) electrons. The molecule has 2 heterocycles. The molecule has 0 amide bonds. The van der Waals surface area contributed by atoms with Crippen molar-refractivity contribution in [3.05, 3.63) is 58.3 Å². The topological polar surface area (TPSA) is 36.9 Å². The van der Waals surface area contributed by atoms with E-state index in [1.807, 2.05) is 18.4 Å². The number of nitrogens with zero attached hydrogens (tertiary/aromatic N) is 2. The van der Waals surface area contributed by atoms with Crippen molar-refractivity contribution < 1.29 is 4.74 Å². The molecule has 1 fully saturated rings. The van der Waals surface area contributed by atoms with Crippen LogP contribution in [-0.4, -0.2) is 51.3 Å². The standard InChI is InChI=1S/C21H29N3OS.HI/c1-22-20(24(2)13-10-19-9-6-16-26-19)23-17-21(11-14-25-15-12-21)18-7-4-3-5-8-18;/h3-9,16H,10-15,17H2,1-2H3,(H,22,23);1H. The molecular formula is C21H30IN3OS. The van der Waals surface area contributed by atoms with Crippen LogP contribution in [0, 0.1) is 0 Å². The predicted octanol–water partition coefficient (Wildman–Crippen LogP) is 4.16. The summed E-state index contributed by atoms with van der Waals surface area (Å²) in [7, 11) is 3.98. The van der Waals surface area contributed by atoms with E-state index >= 15 is 0 Å². The van der Waals surface area contributed by atoms with Crippen LogP contribution < -0.4 is 5.32 Å². The van der Waals surface area contributed by atoms with Crippen LogP contribution in [0.3, 0.4) is 0 Å². The quantitative estimate of drug-likeness (QED) is 0.369. The molecule has 1 aromatic heterocycles. The molecule has 1 N–H and O–H groups in total. The van der Waals surface area contributed by atoms with Crippen LogP contribution in [0.5, 0.6) is 0 Å². The Morgan fingerprint density at radius 1 is 1.19 bits per heavy atom. The highest BCUT2D eigenvalue weighted by molar-refractivity contribution is 14.0. The van der Waals surface area contributed by atoms with E-state index in [1.165, 1.54) is 10.4 Å². The number of thiophene rings is 1. The van der Waals surface area contributed by atoms with Crippen LogP contribution in [0.25, 0.3) is 0 Å². The fourth-order valence-electron chi connectivity index (χ4n) is 3.59. The van der Waals surface area contributed by atoms with Gasteiger partial charge in [0.1, 0.15) is 0 Å². The van der Waals surface area contributed by atoms with Crippen molar-refractivity contribution in [1.29, 1.82) is 0 Å². The lowest BCUT2D eigenvalue weighted by Gasteiger charge is -2.39. The van der Waals surface area contributed by atoms with E-state index in [2.05, 4.69) is 70.1 Å². The molecule has 1 saturated heterocycles. The van der Waals surface area contributed by atoms with Crippen LogP contribution in [0.4, 0.5) is 0 Å². The molecule has 3 rings (SSSR count). The highest BCUT2D eigenvalue weighted by atomic mass is 127. The third-order valence-corrected chi connectivity index (χ3v) is 6.20. The molecule has 0 aliphatic carbocycles. The second-order valence-corrected chi connectivity index (χ2v) is 7.94. The normalized spacial score (nSPS) is 16.4. The van der Waals surface area contributed by atoms with Crippen molar-refractivity contribution >= 4 is 41.3 Å². The van der Waals surface area contributed by atoms with Crippen molar-refractivity contribution in [2.24, 2.45) is 4.99 Å². The molecule has 4 nitrogen and oxygen atoms in total. The Bertz CT molecular complexity index is 685. The molecule has 0 unspecified atom stereocenters. The second-order valence-electron chi connectivity index (χ2n) is 6.91. The van der Waals surface area contributed by atoms with Gasteiger partial charge in [-0.05, 0) is 36.3 Å². The Balaban J connectivity index is 0.00000261. The number of ether oxygens (including phenoxy) is 1. The van der Waals surface area contributed by atoms with Crippen molar-refractivity contribution in [2.45, 2.75) is 24.7 Å². The monoisotopic (exact) mass is 499 g/mol. The Kier molecular flexibility index (Phi) is 9.05. The molecule has 148 valence electrons. The first-order chi connectivity index (χ1) is 12.7. The first-order valence-electron chi connectivity index (χ1n) is 9.31. The first kappa shape index (κ1) is 22.2. The SMILES string of the molecule is CN=C(NCC1(c2ccccc2)CCOCC1)N(C)CCc1cccs1.I. The van der Waals surface area contributed by atoms with E-state index in [1.54, 1.807) is 0 Å². The molecule has 1 aromatic carbocycles. The third kappa shape index (κ3) is 5.93. The minimum atomic E-state index is 0. The van der Waals surface area contributed by atoms with E-state index in [0.29, 0.717) is 0 Å². The fourth-order valence-corrected chi connectivity index (χ4v) is 4.29. The zero-order valence-electron chi connectivity index (χ0n) is 16.2. The number of likely N-dealkylation sites (N-methyl/N-ethyl adjacent to an activating group) is 1. The van der Waals surface area contributed by atoms with Gasteiger partial charge in [0.05, 0.1) is 0 Å². The number of guanidine groups is 1. The summed E-state index contributed by atoms with van der Waals surface area (Å²) in [4.78, 5) is 8.14. The van der Waals surface area contributed by atoms with Crippen molar-refractivity contribution in [3.8, 4) is 0 Å². The van der Waals surface area contributed by atoms with E-state index in [0.717, 1.165) is 51.5 Å². The lowest BCUT2D eigenvalue weighted by atomic mass is 9.74. The molecule has 2 aromatic rings. The summed E-state index contributed by atoms with van der Waals surface area (Å²) in [6.45, 7) is 3.49. The molecule has 1 aliphatic heterocycles. The fraction of sp³-hybridized carbons (Fsp3) is 0.476. The summed E-state index contributed by atoms with van der Waals surface area (Å²) in [5.41, 5.74) is 1.51. The minimum absolute atomic E-state index is 0. The van der Waals surface area contributed by atoms with Gasteiger partial charge >= 0.3 is 0 Å². The van der Waals surface area contributed by atoms with Gasteiger partial charge in [0, 0.05) is 50.7 Å². The lowest BCUT2D eigenvalue weighted by molar-refractivity contribution is 0.0512. The lowest BCUT2D eigenvalue weighted by Crippen LogP contribution is -2.48. The van der Waals surface area contributed by atoms with Gasteiger partial charge in [-0.2, -0.15) is 0 Å². The first-order valence-corrected chi connectivity index (χ1v) is 10.2. The average Bonchev–Trinajstić information content (AvgIpc) is 3.22. The molecular weight excluding hydrogens is 469 g/mol. The molecule has 1 aliphatic rings. The maximum Gasteiger partial charge on any atom is 0.193 e. The summed E-state index contributed by atoms with van der Waals surface area (Å²) in [5.74, 6) is 0.961. The van der Waals surface area contributed by atoms with E-state index in [-0.39, 0.29) is 29.4 Å². The van der Waals surface area contributed by atoms with E-state index in [4.69, 9.17) is 4.74 Å². The Morgan fingerprint density at radius 2 is 1.93 bits per heavy atom. The Morgan fingerprint density at radius 3 is 2.56 bits per heavy atom. The summed E-state index contributed by atoms with van der Waals surface area (Å²) in [6, 6.07) is 15.2. The van der Waals surface area contributed by atoms with Gasteiger partial charge in [-0.3, -0.25) is 4.99 Å². The van der Waals surface area contributed by atoms with Gasteiger partial charge in [0.15, 0.2) is 5.96 Å². The predicted molar refractivity (Wildman–Crippen MR) is 126 cm³/mol. The second kappa shape index (κ2) is 11.0. The highest BCUT2D eigenvalue weighted by Gasteiger charge is 2.34. The summed E-state index contributed by atoms with van der Waals surface area (Å²) in [6.07, 6.45) is 3.13. The van der Waals surface area contributed by atoms with Crippen LogP contribution >= 0.6 is 35.3 Å². The molecule has 27 heavy (non-hydrogen) atoms. The van der Waals surface area contributed by atoms with Crippen LogP contribution in [0.1, 0.15) is 23.3 Å². The van der Waals surface area contributed by atoms with Gasteiger partial charge in [-0.1, -0.05) is 36.4 Å².